The Kier molecular flexibility index (Phi) is 4.68. The van der Waals surface area contributed by atoms with Gasteiger partial charge in [-0.05, 0) is 12.1 Å². The molecule has 0 atom stereocenters. The van der Waals surface area contributed by atoms with Crippen molar-refractivity contribution in [1.29, 1.82) is 5.41 Å². The van der Waals surface area contributed by atoms with Crippen LogP contribution in [0.3, 0.4) is 0 Å². The molecule has 0 spiro atoms. The minimum atomic E-state index is -0.327. The molecule has 0 aromatic carbocycles. The number of nitrogens with one attached hydrogen (secondary N) is 3. The van der Waals surface area contributed by atoms with Crippen molar-refractivity contribution in [3.8, 4) is 0 Å². The van der Waals surface area contributed by atoms with Gasteiger partial charge < -0.3 is 16.0 Å². The lowest BCUT2D eigenvalue weighted by molar-refractivity contribution is 0.0963. The van der Waals surface area contributed by atoms with E-state index >= 15 is 0 Å². The van der Waals surface area contributed by atoms with Gasteiger partial charge in [-0.3, -0.25) is 9.78 Å². The summed E-state index contributed by atoms with van der Waals surface area (Å²) in [5.74, 6) is 0.126. The lowest BCUT2D eigenvalue weighted by Gasteiger charge is -2.18. The normalized spacial score (nSPS) is 12.1. The first kappa shape index (κ1) is 16.5. The molecule has 0 bridgehead atoms. The molecule has 0 fully saturated rings. The van der Waals surface area contributed by atoms with E-state index in [0.717, 1.165) is 0 Å². The summed E-state index contributed by atoms with van der Waals surface area (Å²) in [6.07, 6.45) is 6.16. The first-order valence-electron chi connectivity index (χ1n) is 7.18. The lowest BCUT2D eigenvalue weighted by Crippen LogP contribution is -2.31. The minimum absolute atomic E-state index is 0.299. The Morgan fingerprint density at radius 1 is 1.22 bits per heavy atom. The largest absolute Gasteiger partial charge is 0.375 e. The molecule has 0 saturated heterocycles. The molecule has 0 unspecified atom stereocenters. The van der Waals surface area contributed by atoms with Crippen molar-refractivity contribution in [1.82, 2.24) is 25.6 Å². The Morgan fingerprint density at radius 3 is 2.57 bits per heavy atom. The van der Waals surface area contributed by atoms with Gasteiger partial charge in [-0.15, -0.1) is 0 Å². The zero-order valence-electron chi connectivity index (χ0n) is 13.6. The second kappa shape index (κ2) is 6.51. The van der Waals surface area contributed by atoms with Gasteiger partial charge in [0.15, 0.2) is 5.65 Å². The number of allylic oxidation sites excluding steroid dienone is 1. The van der Waals surface area contributed by atoms with E-state index in [2.05, 4.69) is 25.6 Å². The van der Waals surface area contributed by atoms with Crippen LogP contribution in [0.5, 0.6) is 0 Å². The van der Waals surface area contributed by atoms with Crippen LogP contribution in [0.15, 0.2) is 36.6 Å². The highest BCUT2D eigenvalue weighted by Crippen LogP contribution is 2.16. The van der Waals surface area contributed by atoms with Crippen LogP contribution in [0.4, 0.5) is 0 Å². The average Bonchev–Trinajstić information content (AvgIpc) is 2.52. The summed E-state index contributed by atoms with van der Waals surface area (Å²) < 4.78 is 0. The second-order valence-corrected chi connectivity index (χ2v) is 6.05. The fraction of sp³-hybridized carbons (Fsp3) is 0.312. The Morgan fingerprint density at radius 2 is 1.91 bits per heavy atom. The summed E-state index contributed by atoms with van der Waals surface area (Å²) in [6, 6.07) is 1.63. The molecule has 1 amide bonds. The van der Waals surface area contributed by atoms with Crippen molar-refractivity contribution in [3.63, 3.8) is 0 Å². The maximum Gasteiger partial charge on any atom is 0.258 e. The van der Waals surface area contributed by atoms with E-state index in [0.29, 0.717) is 28.3 Å². The molecule has 2 aromatic heterocycles. The third-order valence-corrected chi connectivity index (χ3v) is 3.20. The minimum Gasteiger partial charge on any atom is -0.375 e. The number of carbonyl (C=O) groups excluding carboxylic acids is 1. The monoisotopic (exact) mass is 312 g/mol. The van der Waals surface area contributed by atoms with Gasteiger partial charge in [-0.1, -0.05) is 20.8 Å². The third-order valence-electron chi connectivity index (χ3n) is 3.20. The fourth-order valence-electron chi connectivity index (χ4n) is 1.71. The number of amides is 1. The van der Waals surface area contributed by atoms with Crippen LogP contribution in [0.1, 0.15) is 31.1 Å². The van der Waals surface area contributed by atoms with Gasteiger partial charge in [-0.25, -0.2) is 9.97 Å². The summed E-state index contributed by atoms with van der Waals surface area (Å²) in [5.41, 5.74) is 1.53. The first-order chi connectivity index (χ1) is 10.8. The SMILES string of the molecule is CN/C(=C\C(=N)C(C)(C)C)NC(=O)c1cnc2nccnc2c1. The molecule has 2 aromatic rings. The molecule has 0 radical (unpaired) electrons. The van der Waals surface area contributed by atoms with Gasteiger partial charge in [0.05, 0.1) is 5.56 Å². The number of pyridine rings is 1. The molecular weight excluding hydrogens is 292 g/mol. The molecular formula is C16H20N6O. The van der Waals surface area contributed by atoms with Crippen molar-refractivity contribution in [2.75, 3.05) is 7.05 Å². The Hall–Kier alpha value is -2.83. The quantitative estimate of drug-likeness (QED) is 0.748. The number of nitrogens with zero attached hydrogens (tertiary/aromatic N) is 3. The predicted molar refractivity (Wildman–Crippen MR) is 89.1 cm³/mol. The standard InChI is InChI=1S/C16H20N6O/c1-16(2,3)12(17)8-13(18-4)22-15(23)10-7-11-14(21-9-10)20-6-5-19-11/h5-9,17-18H,1-4H3,(H,22,23)/b13-8+,17-12?. The summed E-state index contributed by atoms with van der Waals surface area (Å²) in [6.45, 7) is 5.81. The lowest BCUT2D eigenvalue weighted by atomic mass is 9.90. The number of aromatic nitrogens is 3. The van der Waals surface area contributed by atoms with Crippen molar-refractivity contribution in [2.45, 2.75) is 20.8 Å². The number of hydrogen-bond donors (Lipinski definition) is 3. The van der Waals surface area contributed by atoms with Gasteiger partial charge in [0, 0.05) is 36.8 Å². The maximum absolute atomic E-state index is 12.3. The smallest absolute Gasteiger partial charge is 0.258 e. The number of rotatable bonds is 4. The molecule has 7 nitrogen and oxygen atoms in total. The van der Waals surface area contributed by atoms with E-state index in [9.17, 15) is 4.79 Å². The molecule has 0 aliphatic carbocycles. The van der Waals surface area contributed by atoms with Gasteiger partial charge in [0.1, 0.15) is 11.3 Å². The highest BCUT2D eigenvalue weighted by Gasteiger charge is 2.17. The predicted octanol–water partition coefficient (Wildman–Crippen LogP) is 1.88. The van der Waals surface area contributed by atoms with E-state index < -0.39 is 0 Å². The van der Waals surface area contributed by atoms with E-state index in [1.54, 1.807) is 31.6 Å². The zero-order chi connectivity index (χ0) is 17.0. The van der Waals surface area contributed by atoms with Crippen LogP contribution in [-0.4, -0.2) is 33.6 Å². The van der Waals surface area contributed by atoms with Crippen LogP contribution in [0.25, 0.3) is 11.2 Å². The topological polar surface area (TPSA) is 104 Å². The van der Waals surface area contributed by atoms with Crippen molar-refractivity contribution in [3.05, 3.63) is 42.1 Å². The molecule has 23 heavy (non-hydrogen) atoms. The van der Waals surface area contributed by atoms with E-state index in [4.69, 9.17) is 5.41 Å². The molecule has 3 N–H and O–H groups in total. The van der Waals surface area contributed by atoms with Crippen LogP contribution >= 0.6 is 0 Å². The summed E-state index contributed by atoms with van der Waals surface area (Å²) in [4.78, 5) is 24.7. The highest BCUT2D eigenvalue weighted by atomic mass is 16.1. The first-order valence-corrected chi connectivity index (χ1v) is 7.18. The molecule has 0 aliphatic heterocycles. The molecule has 0 saturated carbocycles. The number of carbonyl (C=O) groups is 1. The number of fused-ring (bicyclic) bond motifs is 1. The Bertz CT molecular complexity index is 775. The van der Waals surface area contributed by atoms with E-state index in [-0.39, 0.29) is 11.3 Å². The zero-order valence-corrected chi connectivity index (χ0v) is 13.6. The fourth-order valence-corrected chi connectivity index (χ4v) is 1.71. The van der Waals surface area contributed by atoms with Crippen molar-refractivity contribution < 1.29 is 4.79 Å². The van der Waals surface area contributed by atoms with Crippen molar-refractivity contribution >= 4 is 22.8 Å². The number of hydrogen-bond acceptors (Lipinski definition) is 6. The molecule has 7 heteroatoms. The summed E-state index contributed by atoms with van der Waals surface area (Å²) >= 11 is 0. The molecule has 2 heterocycles. The third kappa shape index (κ3) is 4.09. The van der Waals surface area contributed by atoms with E-state index in [1.165, 1.54) is 6.20 Å². The molecule has 2 rings (SSSR count). The summed E-state index contributed by atoms with van der Waals surface area (Å²) in [7, 11) is 1.69. The highest BCUT2D eigenvalue weighted by molar-refractivity contribution is 6.00. The van der Waals surface area contributed by atoms with Crippen LogP contribution in [0.2, 0.25) is 0 Å². The average molecular weight is 312 g/mol. The summed E-state index contributed by atoms with van der Waals surface area (Å²) in [5, 5.41) is 13.6. The van der Waals surface area contributed by atoms with Gasteiger partial charge in [0.25, 0.3) is 5.91 Å². The van der Waals surface area contributed by atoms with Crippen molar-refractivity contribution in [2.24, 2.45) is 5.41 Å². The molecule has 120 valence electrons. The second-order valence-electron chi connectivity index (χ2n) is 6.05. The van der Waals surface area contributed by atoms with Crippen LogP contribution in [-0.2, 0) is 0 Å². The Balaban J connectivity index is 2.21. The Labute approximate surface area is 134 Å². The maximum atomic E-state index is 12.3. The van der Waals surface area contributed by atoms with Gasteiger partial charge >= 0.3 is 0 Å². The van der Waals surface area contributed by atoms with Gasteiger partial charge in [-0.2, -0.15) is 0 Å². The molecule has 0 aliphatic rings. The van der Waals surface area contributed by atoms with Gasteiger partial charge in [0.2, 0.25) is 0 Å². The van der Waals surface area contributed by atoms with Crippen LogP contribution in [0, 0.1) is 10.8 Å². The van der Waals surface area contributed by atoms with Crippen LogP contribution < -0.4 is 10.6 Å². The van der Waals surface area contributed by atoms with E-state index in [1.807, 2.05) is 20.8 Å².